The van der Waals surface area contributed by atoms with Crippen molar-refractivity contribution in [2.24, 2.45) is 0 Å². The van der Waals surface area contributed by atoms with Gasteiger partial charge in [0.15, 0.2) is 5.78 Å². The van der Waals surface area contributed by atoms with Gasteiger partial charge < -0.3 is 14.2 Å². The summed E-state index contributed by atoms with van der Waals surface area (Å²) in [4.78, 5) is 32.2. The number of alkyl halides is 2. The zero-order valence-corrected chi connectivity index (χ0v) is 16.0. The molecule has 0 saturated carbocycles. The molecule has 0 aliphatic heterocycles. The van der Waals surface area contributed by atoms with E-state index in [1.807, 2.05) is 20.8 Å². The molecule has 0 atom stereocenters. The Kier molecular flexibility index (Phi) is 18.8. The molecule has 0 aliphatic carbocycles. The maximum Gasteiger partial charge on any atom is 0.334 e. The molecular formula is C16H26Cl2O6. The van der Waals surface area contributed by atoms with E-state index in [9.17, 15) is 14.4 Å². The summed E-state index contributed by atoms with van der Waals surface area (Å²) < 4.78 is 14.5. The van der Waals surface area contributed by atoms with Crippen molar-refractivity contribution in [1.29, 1.82) is 0 Å². The first kappa shape index (κ1) is 25.0. The number of ether oxygens (including phenoxy) is 3. The maximum absolute atomic E-state index is 11.0. The van der Waals surface area contributed by atoms with Gasteiger partial charge in [0.25, 0.3) is 0 Å². The van der Waals surface area contributed by atoms with Gasteiger partial charge in [-0.05, 0) is 19.8 Å². The van der Waals surface area contributed by atoms with E-state index in [2.05, 4.69) is 4.74 Å². The summed E-state index contributed by atoms with van der Waals surface area (Å²) in [5.41, 5.74) is 0. The summed E-state index contributed by atoms with van der Waals surface area (Å²) in [5.74, 6) is -0.669. The van der Waals surface area contributed by atoms with E-state index in [1.165, 1.54) is 6.08 Å². The van der Waals surface area contributed by atoms with E-state index in [1.54, 1.807) is 0 Å². The van der Waals surface area contributed by atoms with Crippen LogP contribution in [0.2, 0.25) is 0 Å². The standard InChI is InChI=1S/C9H15ClO3.C7H11ClO3/c1-3-5-13-9(11)6-8(7-10)12-4-2;1-2-3-11-7(10)4-6(9)5-8/h6H,3-5,7H2,1-2H3;2-5H2,1H3/b8-6+;. The van der Waals surface area contributed by atoms with Crippen molar-refractivity contribution in [3.05, 3.63) is 11.8 Å². The van der Waals surface area contributed by atoms with Crippen LogP contribution in [0.3, 0.4) is 0 Å². The SMILES string of the molecule is CCCOC(=O)/C=C(\CCl)OCC.CCCOC(=O)CC(=O)CCl. The van der Waals surface area contributed by atoms with Gasteiger partial charge in [0.05, 0.1) is 37.7 Å². The average molecular weight is 385 g/mol. The summed E-state index contributed by atoms with van der Waals surface area (Å²) in [6, 6.07) is 0. The molecule has 0 unspecified atom stereocenters. The van der Waals surface area contributed by atoms with Crippen LogP contribution in [0, 0.1) is 0 Å². The zero-order valence-electron chi connectivity index (χ0n) is 14.4. The molecule has 0 amide bonds. The molecule has 0 aromatic heterocycles. The van der Waals surface area contributed by atoms with E-state index in [0.29, 0.717) is 25.6 Å². The van der Waals surface area contributed by atoms with Gasteiger partial charge in [-0.3, -0.25) is 9.59 Å². The van der Waals surface area contributed by atoms with Gasteiger partial charge in [0.2, 0.25) is 0 Å². The van der Waals surface area contributed by atoms with Crippen LogP contribution in [0.1, 0.15) is 40.0 Å². The van der Waals surface area contributed by atoms with Crippen LogP contribution in [0.25, 0.3) is 0 Å². The number of esters is 2. The highest BCUT2D eigenvalue weighted by Gasteiger charge is 2.08. The molecule has 0 spiro atoms. The lowest BCUT2D eigenvalue weighted by Gasteiger charge is -2.04. The number of rotatable bonds is 11. The molecule has 0 saturated heterocycles. The van der Waals surface area contributed by atoms with Gasteiger partial charge >= 0.3 is 11.9 Å². The molecule has 0 aliphatic rings. The third-order valence-electron chi connectivity index (χ3n) is 2.15. The first-order valence-corrected chi connectivity index (χ1v) is 8.81. The van der Waals surface area contributed by atoms with Crippen LogP contribution < -0.4 is 0 Å². The van der Waals surface area contributed by atoms with E-state index in [-0.39, 0.29) is 24.0 Å². The smallest absolute Gasteiger partial charge is 0.334 e. The third-order valence-corrected chi connectivity index (χ3v) is 2.71. The van der Waals surface area contributed by atoms with Gasteiger partial charge in [-0.2, -0.15) is 0 Å². The minimum atomic E-state index is -0.488. The van der Waals surface area contributed by atoms with Crippen LogP contribution in [0.15, 0.2) is 11.8 Å². The second kappa shape index (κ2) is 18.1. The van der Waals surface area contributed by atoms with E-state index in [4.69, 9.17) is 32.7 Å². The third kappa shape index (κ3) is 17.1. The number of hydrogen-bond donors (Lipinski definition) is 0. The van der Waals surface area contributed by atoms with Crippen LogP contribution >= 0.6 is 23.2 Å². The topological polar surface area (TPSA) is 78.9 Å². The molecule has 0 radical (unpaired) electrons. The van der Waals surface area contributed by atoms with Crippen molar-refractivity contribution in [1.82, 2.24) is 0 Å². The second-order valence-electron chi connectivity index (χ2n) is 4.41. The molecule has 0 fully saturated rings. The first-order valence-electron chi connectivity index (χ1n) is 7.74. The molecule has 140 valence electrons. The fourth-order valence-electron chi connectivity index (χ4n) is 1.16. The van der Waals surface area contributed by atoms with Crippen LogP contribution in [-0.4, -0.2) is 49.3 Å². The molecule has 24 heavy (non-hydrogen) atoms. The Morgan fingerprint density at radius 1 is 0.875 bits per heavy atom. The highest BCUT2D eigenvalue weighted by atomic mass is 35.5. The quantitative estimate of drug-likeness (QED) is 0.179. The molecular weight excluding hydrogens is 359 g/mol. The number of hydrogen-bond acceptors (Lipinski definition) is 6. The second-order valence-corrected chi connectivity index (χ2v) is 4.95. The summed E-state index contributed by atoms with van der Waals surface area (Å²) >= 11 is 10.7. The van der Waals surface area contributed by atoms with Crippen molar-refractivity contribution in [3.8, 4) is 0 Å². The number of ketones is 1. The fraction of sp³-hybridized carbons (Fsp3) is 0.688. The molecule has 6 nitrogen and oxygen atoms in total. The first-order chi connectivity index (χ1) is 11.4. The largest absolute Gasteiger partial charge is 0.497 e. The number of carbonyl (C=O) groups is 3. The molecule has 0 aromatic rings. The molecule has 0 N–H and O–H groups in total. The highest BCUT2D eigenvalue weighted by molar-refractivity contribution is 6.28. The van der Waals surface area contributed by atoms with Gasteiger partial charge in [-0.25, -0.2) is 4.79 Å². The number of Topliss-reactive ketones (excluding diaryl/α,β-unsaturated/α-hetero) is 1. The molecule has 0 aromatic carbocycles. The summed E-state index contributed by atoms with van der Waals surface area (Å²) in [5, 5.41) is 0. The summed E-state index contributed by atoms with van der Waals surface area (Å²) in [6.45, 7) is 6.95. The van der Waals surface area contributed by atoms with Crippen molar-refractivity contribution >= 4 is 40.9 Å². The number of allylic oxidation sites excluding steroid dienone is 1. The molecule has 0 rings (SSSR count). The lowest BCUT2D eigenvalue weighted by Crippen LogP contribution is -2.12. The van der Waals surface area contributed by atoms with Gasteiger partial charge in [0.1, 0.15) is 12.2 Å². The number of carbonyl (C=O) groups excluding carboxylic acids is 3. The predicted octanol–water partition coefficient (Wildman–Crippen LogP) is 3.24. The molecule has 0 heterocycles. The normalized spacial score (nSPS) is 10.3. The highest BCUT2D eigenvalue weighted by Crippen LogP contribution is 2.01. The Labute approximate surface area is 153 Å². The van der Waals surface area contributed by atoms with Crippen molar-refractivity contribution < 1.29 is 28.6 Å². The van der Waals surface area contributed by atoms with Gasteiger partial charge in [-0.15, -0.1) is 23.2 Å². The summed E-state index contributed by atoms with van der Waals surface area (Å²) in [6.07, 6.45) is 2.65. The minimum Gasteiger partial charge on any atom is -0.497 e. The lowest BCUT2D eigenvalue weighted by molar-refractivity contribution is -0.145. The van der Waals surface area contributed by atoms with Crippen LogP contribution in [0.4, 0.5) is 0 Å². The molecule has 8 heteroatoms. The lowest BCUT2D eigenvalue weighted by atomic mass is 10.3. The Morgan fingerprint density at radius 2 is 1.46 bits per heavy atom. The zero-order chi connectivity index (χ0) is 18.8. The number of halogens is 2. The monoisotopic (exact) mass is 384 g/mol. The molecule has 0 bridgehead atoms. The van der Waals surface area contributed by atoms with E-state index < -0.39 is 11.9 Å². The summed E-state index contributed by atoms with van der Waals surface area (Å²) in [7, 11) is 0. The Morgan fingerprint density at radius 3 is 1.92 bits per heavy atom. The van der Waals surface area contributed by atoms with Crippen LogP contribution in [0.5, 0.6) is 0 Å². The Bertz CT molecular complexity index is 396. The minimum absolute atomic E-state index is 0.124. The Hall–Kier alpha value is -1.27. The van der Waals surface area contributed by atoms with Crippen LogP contribution in [-0.2, 0) is 28.6 Å². The van der Waals surface area contributed by atoms with Crippen molar-refractivity contribution in [2.75, 3.05) is 31.6 Å². The maximum atomic E-state index is 11.0. The van der Waals surface area contributed by atoms with Gasteiger partial charge in [-0.1, -0.05) is 13.8 Å². The predicted molar refractivity (Wildman–Crippen MR) is 93.3 cm³/mol. The Balaban J connectivity index is 0. The van der Waals surface area contributed by atoms with Crippen molar-refractivity contribution in [3.63, 3.8) is 0 Å². The van der Waals surface area contributed by atoms with E-state index in [0.717, 1.165) is 12.8 Å². The fourth-order valence-corrected chi connectivity index (χ4v) is 1.40. The average Bonchev–Trinajstić information content (AvgIpc) is 2.58. The van der Waals surface area contributed by atoms with Crippen molar-refractivity contribution in [2.45, 2.75) is 40.0 Å². The van der Waals surface area contributed by atoms with Gasteiger partial charge in [0, 0.05) is 0 Å². The van der Waals surface area contributed by atoms with E-state index >= 15 is 0 Å².